The second-order valence-corrected chi connectivity index (χ2v) is 3.97. The van der Waals surface area contributed by atoms with E-state index in [4.69, 9.17) is 21.4 Å². The molecule has 0 aliphatic carbocycles. The molecule has 6 nitrogen and oxygen atoms in total. The van der Waals surface area contributed by atoms with Crippen LogP contribution in [0.2, 0.25) is 5.02 Å². The molecule has 21 heavy (non-hydrogen) atoms. The summed E-state index contributed by atoms with van der Waals surface area (Å²) in [6, 6.07) is 4.18. The van der Waals surface area contributed by atoms with Crippen LogP contribution in [0, 0.1) is 12.0 Å². The Morgan fingerprint density at radius 2 is 2.14 bits per heavy atom. The van der Waals surface area contributed by atoms with Gasteiger partial charge in [0.25, 0.3) is 0 Å². The van der Waals surface area contributed by atoms with Gasteiger partial charge in [0.1, 0.15) is 17.4 Å². The predicted octanol–water partition coefficient (Wildman–Crippen LogP) is 2.08. The SMILES string of the molecule is C=C(OC#CCOc1ccc(Cl)cc1C(=O)O)C(=O)OC. The van der Waals surface area contributed by atoms with Crippen molar-refractivity contribution >= 4 is 23.5 Å². The van der Waals surface area contributed by atoms with E-state index in [9.17, 15) is 9.59 Å². The van der Waals surface area contributed by atoms with Crippen molar-refractivity contribution in [2.75, 3.05) is 13.7 Å². The van der Waals surface area contributed by atoms with E-state index in [0.717, 1.165) is 0 Å². The first-order valence-electron chi connectivity index (χ1n) is 5.53. The monoisotopic (exact) mass is 310 g/mol. The highest BCUT2D eigenvalue weighted by Gasteiger charge is 2.11. The molecule has 0 fully saturated rings. The number of hydrogen-bond donors (Lipinski definition) is 1. The lowest BCUT2D eigenvalue weighted by Crippen LogP contribution is -2.05. The lowest BCUT2D eigenvalue weighted by atomic mass is 10.2. The molecule has 1 rings (SSSR count). The number of carboxylic acids is 1. The number of carbonyl (C=O) groups is 2. The minimum absolute atomic E-state index is 0.0795. The molecule has 7 heteroatoms. The zero-order chi connectivity index (χ0) is 15.8. The van der Waals surface area contributed by atoms with Crippen molar-refractivity contribution in [2.45, 2.75) is 0 Å². The van der Waals surface area contributed by atoms with Gasteiger partial charge in [0.05, 0.1) is 7.11 Å². The molecule has 0 saturated carbocycles. The molecule has 0 bridgehead atoms. The maximum atomic E-state index is 11.0. The molecule has 1 N–H and O–H groups in total. The summed E-state index contributed by atoms with van der Waals surface area (Å²) in [5.74, 6) is 0.382. The summed E-state index contributed by atoms with van der Waals surface area (Å²) in [6.45, 7) is 3.15. The predicted molar refractivity (Wildman–Crippen MR) is 73.9 cm³/mol. The van der Waals surface area contributed by atoms with Crippen LogP contribution in [0.5, 0.6) is 5.75 Å². The first-order valence-corrected chi connectivity index (χ1v) is 5.91. The van der Waals surface area contributed by atoms with Crippen molar-refractivity contribution < 1.29 is 28.9 Å². The van der Waals surface area contributed by atoms with E-state index in [0.29, 0.717) is 0 Å². The number of hydrogen-bond acceptors (Lipinski definition) is 5. The molecule has 0 aliphatic rings. The van der Waals surface area contributed by atoms with Crippen LogP contribution in [0.4, 0.5) is 0 Å². The van der Waals surface area contributed by atoms with Crippen LogP contribution in [-0.4, -0.2) is 30.8 Å². The van der Waals surface area contributed by atoms with E-state index in [1.54, 1.807) is 0 Å². The van der Waals surface area contributed by atoms with Gasteiger partial charge in [0.2, 0.25) is 5.76 Å². The quantitative estimate of drug-likeness (QED) is 0.388. The Morgan fingerprint density at radius 1 is 1.43 bits per heavy atom. The molecule has 0 aliphatic heterocycles. The fourth-order valence-corrected chi connectivity index (χ4v) is 1.36. The summed E-state index contributed by atoms with van der Waals surface area (Å²) in [4.78, 5) is 21.9. The van der Waals surface area contributed by atoms with Crippen LogP contribution in [-0.2, 0) is 14.3 Å². The number of benzene rings is 1. The lowest BCUT2D eigenvalue weighted by molar-refractivity contribution is -0.138. The fourth-order valence-electron chi connectivity index (χ4n) is 1.19. The topological polar surface area (TPSA) is 82.1 Å². The van der Waals surface area contributed by atoms with Crippen molar-refractivity contribution in [3.63, 3.8) is 0 Å². The number of rotatable bonds is 5. The Hall–Kier alpha value is -2.65. The summed E-state index contributed by atoms with van der Waals surface area (Å²) in [7, 11) is 1.18. The molecule has 0 heterocycles. The van der Waals surface area contributed by atoms with Crippen LogP contribution in [0.3, 0.4) is 0 Å². The van der Waals surface area contributed by atoms with Gasteiger partial charge in [0, 0.05) is 5.02 Å². The van der Waals surface area contributed by atoms with E-state index in [1.165, 1.54) is 25.3 Å². The Balaban J connectivity index is 2.60. The molecule has 110 valence electrons. The van der Waals surface area contributed by atoms with Crippen LogP contribution >= 0.6 is 11.6 Å². The number of carbonyl (C=O) groups excluding carboxylic acids is 1. The Bertz CT molecular complexity index is 626. The summed E-state index contributed by atoms with van der Waals surface area (Å²) < 4.78 is 14.2. The maximum Gasteiger partial charge on any atom is 0.374 e. The number of esters is 1. The van der Waals surface area contributed by atoms with Crippen molar-refractivity contribution in [3.8, 4) is 17.8 Å². The summed E-state index contributed by atoms with van der Waals surface area (Å²) in [5, 5.41) is 9.27. The molecule has 0 amide bonds. The average molecular weight is 311 g/mol. The molecule has 0 saturated heterocycles. The second kappa shape index (κ2) is 7.82. The number of carboxylic acid groups (broad SMARTS) is 1. The molecule has 0 radical (unpaired) electrons. The standard InChI is InChI=1S/C14H11ClO6/c1-9(14(18)19-2)20-6-3-7-21-12-5-4-10(15)8-11(12)13(16)17/h4-5,8H,1,7H2,2H3,(H,16,17). The molecule has 1 aromatic rings. The van der Waals surface area contributed by atoms with Gasteiger partial charge in [-0.2, -0.15) is 0 Å². The first-order chi connectivity index (χ1) is 9.95. The molecule has 0 unspecified atom stereocenters. The Morgan fingerprint density at radius 3 is 2.76 bits per heavy atom. The normalized spacial score (nSPS) is 9.05. The van der Waals surface area contributed by atoms with Gasteiger partial charge in [-0.3, -0.25) is 0 Å². The van der Waals surface area contributed by atoms with Crippen molar-refractivity contribution in [1.29, 1.82) is 0 Å². The van der Waals surface area contributed by atoms with Gasteiger partial charge in [-0.25, -0.2) is 9.59 Å². The molecule has 0 atom stereocenters. The smallest absolute Gasteiger partial charge is 0.374 e. The maximum absolute atomic E-state index is 11.0. The molecular formula is C14H11ClO6. The van der Waals surface area contributed by atoms with E-state index in [2.05, 4.69) is 28.1 Å². The van der Waals surface area contributed by atoms with Gasteiger partial charge < -0.3 is 19.3 Å². The van der Waals surface area contributed by atoms with Crippen molar-refractivity contribution in [1.82, 2.24) is 0 Å². The number of ether oxygens (including phenoxy) is 3. The van der Waals surface area contributed by atoms with Gasteiger partial charge in [-0.05, 0) is 30.7 Å². The fraction of sp³-hybridized carbons (Fsp3) is 0.143. The summed E-state index contributed by atoms with van der Waals surface area (Å²) >= 11 is 5.70. The van der Waals surface area contributed by atoms with Crippen molar-refractivity contribution in [2.24, 2.45) is 0 Å². The van der Waals surface area contributed by atoms with Gasteiger partial charge >= 0.3 is 11.9 Å². The molecule has 0 spiro atoms. The van der Waals surface area contributed by atoms with Crippen LogP contribution < -0.4 is 4.74 Å². The third kappa shape index (κ3) is 5.09. The zero-order valence-electron chi connectivity index (χ0n) is 11.0. The summed E-state index contributed by atoms with van der Waals surface area (Å²) in [6.07, 6.45) is 2.18. The number of methoxy groups -OCH3 is 1. The third-order valence-electron chi connectivity index (χ3n) is 2.13. The van der Waals surface area contributed by atoms with Gasteiger partial charge in [-0.15, -0.1) is 0 Å². The largest absolute Gasteiger partial charge is 0.480 e. The van der Waals surface area contributed by atoms with E-state index in [-0.39, 0.29) is 28.7 Å². The average Bonchev–Trinajstić information content (AvgIpc) is 2.46. The van der Waals surface area contributed by atoms with Crippen molar-refractivity contribution in [3.05, 3.63) is 41.1 Å². The minimum atomic E-state index is -1.17. The highest BCUT2D eigenvalue weighted by Crippen LogP contribution is 2.22. The Labute approximate surface area is 125 Å². The van der Waals surface area contributed by atoms with Gasteiger partial charge in [0.15, 0.2) is 6.61 Å². The highest BCUT2D eigenvalue weighted by atomic mass is 35.5. The van der Waals surface area contributed by atoms with E-state index < -0.39 is 11.9 Å². The lowest BCUT2D eigenvalue weighted by Gasteiger charge is -2.06. The molecule has 0 aromatic heterocycles. The molecule has 1 aromatic carbocycles. The minimum Gasteiger partial charge on any atom is -0.480 e. The number of aromatic carboxylic acids is 1. The van der Waals surface area contributed by atoms with Crippen LogP contribution in [0.1, 0.15) is 10.4 Å². The summed E-state index contributed by atoms with van der Waals surface area (Å²) in [5.41, 5.74) is -0.0795. The van der Waals surface area contributed by atoms with E-state index in [1.807, 2.05) is 0 Å². The highest BCUT2D eigenvalue weighted by molar-refractivity contribution is 6.31. The van der Waals surface area contributed by atoms with Crippen LogP contribution in [0.25, 0.3) is 0 Å². The van der Waals surface area contributed by atoms with E-state index >= 15 is 0 Å². The van der Waals surface area contributed by atoms with Gasteiger partial charge in [-0.1, -0.05) is 11.6 Å². The van der Waals surface area contributed by atoms with Crippen LogP contribution in [0.15, 0.2) is 30.5 Å². The number of halogens is 1. The first kappa shape index (κ1) is 16.4. The third-order valence-corrected chi connectivity index (χ3v) is 2.37. The zero-order valence-corrected chi connectivity index (χ0v) is 11.8. The molecular weight excluding hydrogens is 300 g/mol. The second-order valence-electron chi connectivity index (χ2n) is 3.53. The Kier molecular flexibility index (Phi) is 6.11.